The molecule has 0 saturated carbocycles. The van der Waals surface area contributed by atoms with Crippen LogP contribution >= 0.6 is 0 Å². The van der Waals surface area contributed by atoms with Gasteiger partial charge in [0.15, 0.2) is 0 Å². The SMILES string of the molecule is c1ccc(-c2ccc3c(c2)c2ccccc2n3-c2ccc3c4cccc(N(c5ccccc5)c5ccc(C6(c7ccccc7)c7ccccc7-c7ccccc76)cc5)c4n(-c4ccccc4)c3c2)cc1. The van der Waals surface area contributed by atoms with Crippen LogP contribution in [0, 0.1) is 0 Å². The van der Waals surface area contributed by atoms with Crippen molar-refractivity contribution in [2.75, 3.05) is 4.90 Å². The third kappa shape index (κ3) is 5.95. The summed E-state index contributed by atoms with van der Waals surface area (Å²) >= 11 is 0. The number of hydrogen-bond donors (Lipinski definition) is 0. The molecule has 0 spiro atoms. The normalized spacial score (nSPS) is 12.7. The molecule has 0 saturated heterocycles. The summed E-state index contributed by atoms with van der Waals surface area (Å²) in [4.78, 5) is 2.44. The minimum Gasteiger partial charge on any atom is -0.309 e. The summed E-state index contributed by atoms with van der Waals surface area (Å²) in [5.41, 5.74) is 19.8. The second-order valence-corrected chi connectivity index (χ2v) is 18.4. The molecule has 13 aromatic rings. The van der Waals surface area contributed by atoms with Gasteiger partial charge in [-0.25, -0.2) is 0 Å². The van der Waals surface area contributed by atoms with Crippen molar-refractivity contribution in [3.8, 4) is 33.6 Å². The first kappa shape index (κ1) is 39.9. The van der Waals surface area contributed by atoms with Crippen molar-refractivity contribution in [3.05, 3.63) is 295 Å². The maximum Gasteiger partial charge on any atom is 0.0782 e. The Bertz CT molecular complexity index is 4050. The lowest BCUT2D eigenvalue weighted by atomic mass is 9.68. The van der Waals surface area contributed by atoms with Crippen molar-refractivity contribution >= 4 is 60.7 Å². The summed E-state index contributed by atoms with van der Waals surface area (Å²) in [6.07, 6.45) is 0. The van der Waals surface area contributed by atoms with Crippen LogP contribution in [-0.2, 0) is 5.41 Å². The van der Waals surface area contributed by atoms with Gasteiger partial charge in [0.2, 0.25) is 0 Å². The zero-order valence-corrected chi connectivity index (χ0v) is 38.3. The van der Waals surface area contributed by atoms with Crippen LogP contribution in [0.15, 0.2) is 273 Å². The van der Waals surface area contributed by atoms with Crippen molar-refractivity contribution in [1.82, 2.24) is 9.13 Å². The van der Waals surface area contributed by atoms with Crippen LogP contribution in [0.4, 0.5) is 17.1 Å². The Morgan fingerprint density at radius 1 is 0.300 bits per heavy atom. The Balaban J connectivity index is 0.983. The third-order valence-electron chi connectivity index (χ3n) is 14.8. The van der Waals surface area contributed by atoms with E-state index in [0.717, 1.165) is 39.5 Å². The summed E-state index contributed by atoms with van der Waals surface area (Å²) in [6.45, 7) is 0. The van der Waals surface area contributed by atoms with E-state index in [9.17, 15) is 0 Å². The second-order valence-electron chi connectivity index (χ2n) is 18.4. The highest BCUT2D eigenvalue weighted by molar-refractivity contribution is 6.16. The number of para-hydroxylation sites is 4. The van der Waals surface area contributed by atoms with Gasteiger partial charge in [-0.05, 0) is 117 Å². The minimum atomic E-state index is -0.484. The molecule has 0 aliphatic heterocycles. The summed E-state index contributed by atoms with van der Waals surface area (Å²) in [6, 6.07) is 100. The van der Waals surface area contributed by atoms with Crippen molar-refractivity contribution in [2.45, 2.75) is 5.41 Å². The van der Waals surface area contributed by atoms with E-state index in [1.165, 1.54) is 77.1 Å². The molecule has 2 aromatic heterocycles. The van der Waals surface area contributed by atoms with E-state index >= 15 is 0 Å². The van der Waals surface area contributed by atoms with E-state index in [1.54, 1.807) is 0 Å². The largest absolute Gasteiger partial charge is 0.309 e. The van der Waals surface area contributed by atoms with Crippen LogP contribution in [0.5, 0.6) is 0 Å². The number of nitrogens with zero attached hydrogens (tertiary/aromatic N) is 3. The van der Waals surface area contributed by atoms with E-state index < -0.39 is 5.41 Å². The summed E-state index contributed by atoms with van der Waals surface area (Å²) in [5.74, 6) is 0. The van der Waals surface area contributed by atoms with Crippen LogP contribution in [-0.4, -0.2) is 9.13 Å². The van der Waals surface area contributed by atoms with Crippen LogP contribution in [0.1, 0.15) is 22.3 Å². The molecule has 1 aliphatic carbocycles. The minimum absolute atomic E-state index is 0.484. The van der Waals surface area contributed by atoms with Gasteiger partial charge in [-0.3, -0.25) is 0 Å². The number of benzene rings is 11. The van der Waals surface area contributed by atoms with E-state index in [4.69, 9.17) is 0 Å². The molecule has 3 heteroatoms. The van der Waals surface area contributed by atoms with Crippen molar-refractivity contribution in [1.29, 1.82) is 0 Å². The lowest BCUT2D eigenvalue weighted by molar-refractivity contribution is 0.768. The fourth-order valence-corrected chi connectivity index (χ4v) is 11.8. The molecule has 0 atom stereocenters. The van der Waals surface area contributed by atoms with Crippen LogP contribution < -0.4 is 4.90 Å². The number of hydrogen-bond acceptors (Lipinski definition) is 1. The highest BCUT2D eigenvalue weighted by atomic mass is 15.2. The topological polar surface area (TPSA) is 13.1 Å². The van der Waals surface area contributed by atoms with Crippen molar-refractivity contribution in [3.63, 3.8) is 0 Å². The van der Waals surface area contributed by atoms with Gasteiger partial charge in [0.05, 0.1) is 33.2 Å². The molecular weight excluding hydrogens is 847 g/mol. The van der Waals surface area contributed by atoms with E-state index in [-0.39, 0.29) is 0 Å². The molecule has 3 nitrogen and oxygen atoms in total. The molecule has 0 unspecified atom stereocenters. The van der Waals surface area contributed by atoms with Crippen molar-refractivity contribution < 1.29 is 0 Å². The van der Waals surface area contributed by atoms with E-state index in [1.807, 2.05) is 0 Å². The van der Waals surface area contributed by atoms with Crippen LogP contribution in [0.25, 0.3) is 77.2 Å². The van der Waals surface area contributed by atoms with Gasteiger partial charge in [-0.15, -0.1) is 0 Å². The molecule has 70 heavy (non-hydrogen) atoms. The number of aromatic nitrogens is 2. The third-order valence-corrected chi connectivity index (χ3v) is 14.8. The van der Waals surface area contributed by atoms with Gasteiger partial charge in [-0.1, -0.05) is 200 Å². The lowest BCUT2D eigenvalue weighted by Crippen LogP contribution is -2.28. The van der Waals surface area contributed by atoms with Gasteiger partial charge < -0.3 is 14.0 Å². The monoisotopic (exact) mass is 891 g/mol. The number of anilines is 3. The fraction of sp³-hybridized carbons (Fsp3) is 0.0149. The molecule has 1 aliphatic rings. The Labute approximate surface area is 407 Å². The van der Waals surface area contributed by atoms with Crippen LogP contribution in [0.3, 0.4) is 0 Å². The Kier molecular flexibility index (Phi) is 9.11. The molecule has 11 aromatic carbocycles. The van der Waals surface area contributed by atoms with Crippen molar-refractivity contribution in [2.24, 2.45) is 0 Å². The predicted molar refractivity (Wildman–Crippen MR) is 293 cm³/mol. The molecule has 14 rings (SSSR count). The first-order valence-electron chi connectivity index (χ1n) is 24.2. The number of rotatable bonds is 8. The number of fused-ring (bicyclic) bond motifs is 9. The molecule has 0 amide bonds. The molecule has 2 heterocycles. The molecule has 0 N–H and O–H groups in total. The smallest absolute Gasteiger partial charge is 0.0782 e. The highest BCUT2D eigenvalue weighted by Crippen LogP contribution is 2.56. The van der Waals surface area contributed by atoms with Crippen LogP contribution in [0.2, 0.25) is 0 Å². The average molecular weight is 892 g/mol. The molecular formula is C67H45N3. The van der Waals surface area contributed by atoms with Gasteiger partial charge in [0.1, 0.15) is 0 Å². The summed E-state index contributed by atoms with van der Waals surface area (Å²) < 4.78 is 4.92. The van der Waals surface area contributed by atoms with E-state index in [0.29, 0.717) is 0 Å². The van der Waals surface area contributed by atoms with Gasteiger partial charge >= 0.3 is 0 Å². The molecule has 328 valence electrons. The lowest BCUT2D eigenvalue weighted by Gasteiger charge is -2.34. The molecule has 0 bridgehead atoms. The zero-order chi connectivity index (χ0) is 46.2. The van der Waals surface area contributed by atoms with Gasteiger partial charge in [0.25, 0.3) is 0 Å². The first-order valence-corrected chi connectivity index (χ1v) is 24.2. The maximum absolute atomic E-state index is 2.48. The van der Waals surface area contributed by atoms with Gasteiger partial charge in [-0.2, -0.15) is 0 Å². The zero-order valence-electron chi connectivity index (χ0n) is 38.3. The molecule has 0 fully saturated rings. The molecule has 0 radical (unpaired) electrons. The average Bonchev–Trinajstić information content (AvgIpc) is 4.07. The first-order chi connectivity index (χ1) is 34.8. The highest BCUT2D eigenvalue weighted by Gasteiger charge is 2.45. The van der Waals surface area contributed by atoms with E-state index in [2.05, 4.69) is 287 Å². The Morgan fingerprint density at radius 3 is 1.59 bits per heavy atom. The summed E-state index contributed by atoms with van der Waals surface area (Å²) in [5, 5.41) is 4.87. The Hall–Kier alpha value is -9.18. The summed E-state index contributed by atoms with van der Waals surface area (Å²) in [7, 11) is 0. The second kappa shape index (κ2) is 16.0. The van der Waals surface area contributed by atoms with Gasteiger partial charge in [0, 0.05) is 44.3 Å². The fourth-order valence-electron chi connectivity index (χ4n) is 11.8. The predicted octanol–water partition coefficient (Wildman–Crippen LogP) is 17.4. The standard InChI is InChI=1S/C67H45N3/c1-5-20-46(21-6-1)47-36-43-63-59(44-47)56-30-15-18-34-62(56)69(63)53-41-42-57-58-31-19-35-64(66(58)70(65(57)45-53)51-26-11-4-12-27-51)68(50-24-9-3-10-25-50)52-39-37-49(38-40-52)67(48-22-7-2-8-23-48)60-32-16-13-28-54(60)55-29-14-17-33-61(55)67/h1-45H. The maximum atomic E-state index is 2.48. The quantitative estimate of drug-likeness (QED) is 0.148. The Morgan fingerprint density at radius 2 is 0.857 bits per heavy atom.